The number of unbranched alkanes of at least 4 members (excludes halogenated alkanes) is 1. The fraction of sp³-hybridized carbons (Fsp3) is 0.575. The second-order valence-corrected chi connectivity index (χ2v) is 9.43. The summed E-state index contributed by atoms with van der Waals surface area (Å²) in [6.45, 7) is 32.4. The number of aryl methyl sites for hydroxylation is 2. The second-order valence-electron chi connectivity index (χ2n) is 9.43. The van der Waals surface area contributed by atoms with Gasteiger partial charge in [0.25, 0.3) is 0 Å². The number of hydrogen-bond acceptors (Lipinski definition) is 2. The number of nitrogens with one attached hydrogen (secondary N) is 1. The third kappa shape index (κ3) is 23.8. The largest absolute Gasteiger partial charge is 0.326 e. The smallest absolute Gasteiger partial charge is 0.166 e. The van der Waals surface area contributed by atoms with E-state index < -0.39 is 11.6 Å². The van der Waals surface area contributed by atoms with Gasteiger partial charge in [-0.3, -0.25) is 0 Å². The number of benzene rings is 2. The molecule has 0 heterocycles. The molecule has 3 N–H and O–H groups in total. The van der Waals surface area contributed by atoms with Gasteiger partial charge in [-0.05, 0) is 86.1 Å². The Morgan fingerprint density at radius 3 is 1.55 bits per heavy atom. The van der Waals surface area contributed by atoms with Crippen LogP contribution in [-0.2, 0) is 6.42 Å². The van der Waals surface area contributed by atoms with E-state index in [1.54, 1.807) is 13.0 Å². The average Bonchev–Trinajstić information content (AvgIpc) is 3.05. The summed E-state index contributed by atoms with van der Waals surface area (Å²) in [5.41, 5.74) is 12.2. The Morgan fingerprint density at radius 2 is 1.25 bits per heavy atom. The van der Waals surface area contributed by atoms with Gasteiger partial charge >= 0.3 is 0 Å². The molecule has 44 heavy (non-hydrogen) atoms. The molecule has 4 heteroatoms. The standard InChI is InChI=1S/C22H25F2N.C5H11N.C4H10.C3H8.3C2H6/c1-5-15(4)21(18-11-14(3)12-20(23)22(18)24)19(13-25)17-9-7-16(6-2)8-10-17;1-3-4-5(2)6;1-3-4-2;1-3-2;3*1-2/h5,7-12H,6,13,25H2,1-4H3;6H,3-4H2,1-2H3;3-4H2,1-2H3;3H2,1-2H3;3*1-2H3/b15-5-,21-19+;;;;;;. The van der Waals surface area contributed by atoms with E-state index in [1.165, 1.54) is 30.9 Å². The predicted molar refractivity (Wildman–Crippen MR) is 201 cm³/mol. The van der Waals surface area contributed by atoms with Crippen LogP contribution in [0.3, 0.4) is 0 Å². The molecule has 0 atom stereocenters. The molecule has 2 rings (SSSR count). The van der Waals surface area contributed by atoms with Crippen LogP contribution in [0.1, 0.15) is 158 Å². The summed E-state index contributed by atoms with van der Waals surface area (Å²) >= 11 is 0. The van der Waals surface area contributed by atoms with Gasteiger partial charge in [-0.25, -0.2) is 8.78 Å². The van der Waals surface area contributed by atoms with Crippen molar-refractivity contribution >= 4 is 16.9 Å². The SMILES string of the molecule is C/C=C(C)\C(=C(\CN)c1ccc(CC)cc1)c1cc(C)cc(F)c1F.CC.CC.CC.CCC.CCCC.CCCC(C)=N. The van der Waals surface area contributed by atoms with Crippen molar-refractivity contribution in [3.05, 3.63) is 81.9 Å². The first-order chi connectivity index (χ1) is 21.0. The molecule has 0 unspecified atom stereocenters. The fourth-order valence-electron chi connectivity index (χ4n) is 3.34. The Hall–Kier alpha value is -2.59. The first-order valence-corrected chi connectivity index (χ1v) is 17.2. The first-order valence-electron chi connectivity index (χ1n) is 17.2. The number of allylic oxidation sites excluding steroid dienone is 3. The Labute approximate surface area is 274 Å². The Balaban J connectivity index is -0.000000220. The van der Waals surface area contributed by atoms with Gasteiger partial charge in [-0.2, -0.15) is 0 Å². The van der Waals surface area contributed by atoms with E-state index in [0.29, 0.717) is 11.1 Å². The van der Waals surface area contributed by atoms with Crippen molar-refractivity contribution in [3.63, 3.8) is 0 Å². The topological polar surface area (TPSA) is 49.9 Å². The number of nitrogens with two attached hydrogens (primary N) is 1. The van der Waals surface area contributed by atoms with E-state index in [4.69, 9.17) is 11.1 Å². The summed E-state index contributed by atoms with van der Waals surface area (Å²) in [6, 6.07) is 11.0. The third-order valence-corrected chi connectivity index (χ3v) is 5.61. The summed E-state index contributed by atoms with van der Waals surface area (Å²) in [5.74, 6) is -1.67. The van der Waals surface area contributed by atoms with E-state index in [-0.39, 0.29) is 12.1 Å². The van der Waals surface area contributed by atoms with Gasteiger partial charge in [0, 0.05) is 17.8 Å². The molecule has 256 valence electrons. The fourth-order valence-corrected chi connectivity index (χ4v) is 3.34. The zero-order valence-corrected chi connectivity index (χ0v) is 31.8. The minimum Gasteiger partial charge on any atom is -0.326 e. The molecule has 2 aromatic carbocycles. The Morgan fingerprint density at radius 1 is 0.795 bits per heavy atom. The first kappa shape index (κ1) is 51.0. The van der Waals surface area contributed by atoms with Crippen molar-refractivity contribution in [1.29, 1.82) is 5.41 Å². The van der Waals surface area contributed by atoms with Crippen molar-refractivity contribution in [2.45, 2.75) is 149 Å². The predicted octanol–water partition coefficient (Wildman–Crippen LogP) is 13.8. The van der Waals surface area contributed by atoms with Crippen LogP contribution in [0.15, 0.2) is 48.0 Å². The Kier molecular flexibility index (Phi) is 42.4. The molecular formula is C40H72F2N2. The quantitative estimate of drug-likeness (QED) is 0.173. The lowest BCUT2D eigenvalue weighted by atomic mass is 9.88. The summed E-state index contributed by atoms with van der Waals surface area (Å²) < 4.78 is 28.6. The molecule has 2 nitrogen and oxygen atoms in total. The molecule has 0 saturated carbocycles. The molecule has 0 amide bonds. The molecule has 2 aromatic rings. The second kappa shape index (κ2) is 36.6. The van der Waals surface area contributed by atoms with Crippen LogP contribution < -0.4 is 5.73 Å². The van der Waals surface area contributed by atoms with E-state index in [0.717, 1.165) is 41.7 Å². The van der Waals surface area contributed by atoms with E-state index in [1.807, 2.05) is 92.7 Å². The Bertz CT molecular complexity index is 985. The molecule has 0 radical (unpaired) electrons. The zero-order valence-electron chi connectivity index (χ0n) is 31.8. The van der Waals surface area contributed by atoms with Gasteiger partial charge < -0.3 is 11.1 Å². The van der Waals surface area contributed by atoms with Crippen molar-refractivity contribution in [1.82, 2.24) is 0 Å². The van der Waals surface area contributed by atoms with Gasteiger partial charge in [0.1, 0.15) is 0 Å². The lowest BCUT2D eigenvalue weighted by Gasteiger charge is -2.18. The third-order valence-electron chi connectivity index (χ3n) is 5.61. The van der Waals surface area contributed by atoms with Gasteiger partial charge in [0.05, 0.1) is 0 Å². The molecule has 0 spiro atoms. The molecule has 0 aliphatic rings. The minimum atomic E-state index is -0.839. The summed E-state index contributed by atoms with van der Waals surface area (Å²) in [5, 5.41) is 6.89. The zero-order chi connectivity index (χ0) is 35.7. The summed E-state index contributed by atoms with van der Waals surface area (Å²) in [6.07, 6.45) is 8.79. The van der Waals surface area contributed by atoms with Crippen molar-refractivity contribution in [2.75, 3.05) is 6.54 Å². The summed E-state index contributed by atoms with van der Waals surface area (Å²) in [7, 11) is 0. The highest BCUT2D eigenvalue weighted by Gasteiger charge is 2.19. The van der Waals surface area contributed by atoms with Crippen LogP contribution in [0.2, 0.25) is 0 Å². The molecular weight excluding hydrogens is 546 g/mol. The van der Waals surface area contributed by atoms with Gasteiger partial charge in [0.2, 0.25) is 0 Å². The lowest BCUT2D eigenvalue weighted by molar-refractivity contribution is 0.505. The normalized spacial score (nSPS) is 10.0. The van der Waals surface area contributed by atoms with Crippen LogP contribution in [0, 0.1) is 24.0 Å². The highest BCUT2D eigenvalue weighted by molar-refractivity contribution is 5.98. The van der Waals surface area contributed by atoms with Gasteiger partial charge in [-0.1, -0.05) is 139 Å². The van der Waals surface area contributed by atoms with Crippen LogP contribution in [-0.4, -0.2) is 12.3 Å². The van der Waals surface area contributed by atoms with E-state index in [9.17, 15) is 8.78 Å². The van der Waals surface area contributed by atoms with Crippen LogP contribution in [0.4, 0.5) is 8.78 Å². The molecule has 0 bridgehead atoms. The maximum Gasteiger partial charge on any atom is 0.166 e. The number of rotatable bonds is 8. The highest BCUT2D eigenvalue weighted by atomic mass is 19.2. The number of halogens is 2. The van der Waals surface area contributed by atoms with E-state index in [2.05, 4.69) is 41.5 Å². The average molecular weight is 619 g/mol. The molecule has 0 aromatic heterocycles. The van der Waals surface area contributed by atoms with Crippen molar-refractivity contribution in [2.24, 2.45) is 5.73 Å². The van der Waals surface area contributed by atoms with Crippen LogP contribution >= 0.6 is 0 Å². The van der Waals surface area contributed by atoms with Crippen LogP contribution in [0.5, 0.6) is 0 Å². The molecule has 0 fully saturated rings. The maximum absolute atomic E-state index is 14.6. The van der Waals surface area contributed by atoms with Crippen molar-refractivity contribution in [3.8, 4) is 0 Å². The monoisotopic (exact) mass is 619 g/mol. The van der Waals surface area contributed by atoms with Crippen molar-refractivity contribution < 1.29 is 8.78 Å². The molecule has 0 saturated heterocycles. The van der Waals surface area contributed by atoms with E-state index >= 15 is 0 Å². The number of hydrogen-bond donors (Lipinski definition) is 2. The van der Waals surface area contributed by atoms with Crippen LogP contribution in [0.25, 0.3) is 11.1 Å². The highest BCUT2D eigenvalue weighted by Crippen LogP contribution is 2.34. The molecule has 0 aliphatic heterocycles. The van der Waals surface area contributed by atoms with Gasteiger partial charge in [0.15, 0.2) is 11.6 Å². The maximum atomic E-state index is 14.6. The lowest BCUT2D eigenvalue weighted by Crippen LogP contribution is -2.08. The summed E-state index contributed by atoms with van der Waals surface area (Å²) in [4.78, 5) is 0. The minimum absolute atomic E-state index is 0.237. The van der Waals surface area contributed by atoms with Gasteiger partial charge in [-0.15, -0.1) is 0 Å². The molecule has 0 aliphatic carbocycles.